The maximum Gasteiger partial charge on any atom is 0.303 e. The van der Waals surface area contributed by atoms with Crippen LogP contribution in [0, 0.1) is 5.41 Å². The molecule has 0 aromatic heterocycles. The minimum Gasteiger partial charge on any atom is -0.481 e. The Morgan fingerprint density at radius 2 is 1.82 bits per heavy atom. The largest absolute Gasteiger partial charge is 0.481 e. The van der Waals surface area contributed by atoms with Gasteiger partial charge in [0.2, 0.25) is 0 Å². The van der Waals surface area contributed by atoms with Gasteiger partial charge in [0, 0.05) is 4.90 Å². The Hall–Kier alpha value is -0.960. The summed E-state index contributed by atoms with van der Waals surface area (Å²) in [6.45, 7) is 6.26. The number of carboxylic acids is 1. The van der Waals surface area contributed by atoms with Crippen LogP contribution in [0.1, 0.15) is 38.7 Å². The summed E-state index contributed by atoms with van der Waals surface area (Å²) < 4.78 is 0. The van der Waals surface area contributed by atoms with Crippen LogP contribution in [0.4, 0.5) is 0 Å². The number of rotatable bonds is 4. The van der Waals surface area contributed by atoms with Gasteiger partial charge in [-0.15, -0.1) is 11.8 Å². The Bertz CT molecular complexity index is 376. The third kappa shape index (κ3) is 4.08. The topological polar surface area (TPSA) is 37.3 Å². The molecule has 17 heavy (non-hydrogen) atoms. The van der Waals surface area contributed by atoms with Gasteiger partial charge in [-0.2, -0.15) is 0 Å². The molecule has 94 valence electrons. The standard InChI is InChI=1S/C14H20O2S/c1-14(2,3)12(9-13(15)16)10-5-7-11(17-4)8-6-10/h5-8,12H,9H2,1-4H3,(H,15,16). The number of hydrogen-bond donors (Lipinski definition) is 1. The molecule has 0 aliphatic rings. The zero-order valence-electron chi connectivity index (χ0n) is 10.9. The van der Waals surface area contributed by atoms with Gasteiger partial charge in [-0.1, -0.05) is 32.9 Å². The minimum absolute atomic E-state index is 0.0424. The highest BCUT2D eigenvalue weighted by atomic mass is 32.2. The molecule has 1 rings (SSSR count). The van der Waals surface area contributed by atoms with Crippen LogP contribution in [-0.4, -0.2) is 17.3 Å². The quantitative estimate of drug-likeness (QED) is 0.823. The number of thioether (sulfide) groups is 1. The van der Waals surface area contributed by atoms with E-state index in [1.807, 2.05) is 18.4 Å². The lowest BCUT2D eigenvalue weighted by Crippen LogP contribution is -2.21. The van der Waals surface area contributed by atoms with Crippen molar-refractivity contribution in [1.29, 1.82) is 0 Å². The third-order valence-corrected chi connectivity index (χ3v) is 3.69. The van der Waals surface area contributed by atoms with E-state index >= 15 is 0 Å². The number of hydrogen-bond acceptors (Lipinski definition) is 2. The van der Waals surface area contributed by atoms with Crippen molar-refractivity contribution >= 4 is 17.7 Å². The molecule has 3 heteroatoms. The van der Waals surface area contributed by atoms with Crippen LogP contribution < -0.4 is 0 Å². The molecule has 0 aliphatic carbocycles. The monoisotopic (exact) mass is 252 g/mol. The van der Waals surface area contributed by atoms with Crippen LogP contribution in [0.2, 0.25) is 0 Å². The van der Waals surface area contributed by atoms with Crippen LogP contribution in [-0.2, 0) is 4.79 Å². The van der Waals surface area contributed by atoms with Crippen LogP contribution in [0.3, 0.4) is 0 Å². The van der Waals surface area contributed by atoms with Crippen molar-refractivity contribution in [3.63, 3.8) is 0 Å². The van der Waals surface area contributed by atoms with E-state index in [1.165, 1.54) is 4.90 Å². The summed E-state index contributed by atoms with van der Waals surface area (Å²) in [6.07, 6.45) is 2.22. The van der Waals surface area contributed by atoms with E-state index in [2.05, 4.69) is 32.9 Å². The Morgan fingerprint density at radius 1 is 1.29 bits per heavy atom. The molecule has 1 N–H and O–H groups in total. The Labute approximate surface area is 107 Å². The summed E-state index contributed by atoms with van der Waals surface area (Å²) in [5.74, 6) is -0.685. The number of carboxylic acid groups (broad SMARTS) is 1. The first-order valence-electron chi connectivity index (χ1n) is 5.70. The maximum atomic E-state index is 10.9. The van der Waals surface area contributed by atoms with Crippen molar-refractivity contribution < 1.29 is 9.90 Å². The van der Waals surface area contributed by atoms with Crippen molar-refractivity contribution in [3.05, 3.63) is 29.8 Å². The summed E-state index contributed by atoms with van der Waals surface area (Å²) in [7, 11) is 0. The normalized spacial score (nSPS) is 13.4. The molecule has 1 aromatic rings. The fourth-order valence-corrected chi connectivity index (χ4v) is 2.34. The van der Waals surface area contributed by atoms with Crippen LogP contribution in [0.15, 0.2) is 29.2 Å². The second kappa shape index (κ2) is 5.58. The summed E-state index contributed by atoms with van der Waals surface area (Å²) >= 11 is 1.69. The molecule has 0 saturated heterocycles. The van der Waals surface area contributed by atoms with Crippen molar-refractivity contribution in [2.45, 2.75) is 38.0 Å². The molecule has 1 unspecified atom stereocenters. The van der Waals surface area contributed by atoms with Gasteiger partial charge in [-0.25, -0.2) is 0 Å². The van der Waals surface area contributed by atoms with Crippen LogP contribution in [0.25, 0.3) is 0 Å². The van der Waals surface area contributed by atoms with E-state index in [1.54, 1.807) is 11.8 Å². The van der Waals surface area contributed by atoms with E-state index in [-0.39, 0.29) is 17.8 Å². The first kappa shape index (κ1) is 14.1. The second-order valence-electron chi connectivity index (χ2n) is 5.29. The second-order valence-corrected chi connectivity index (χ2v) is 6.17. The lowest BCUT2D eigenvalue weighted by molar-refractivity contribution is -0.138. The Balaban J connectivity index is 3.00. The SMILES string of the molecule is CSc1ccc(C(CC(=O)O)C(C)(C)C)cc1. The van der Waals surface area contributed by atoms with Crippen molar-refractivity contribution in [2.75, 3.05) is 6.26 Å². The highest BCUT2D eigenvalue weighted by molar-refractivity contribution is 7.98. The average Bonchev–Trinajstić information content (AvgIpc) is 2.24. The first-order valence-corrected chi connectivity index (χ1v) is 6.93. The smallest absolute Gasteiger partial charge is 0.303 e. The summed E-state index contributed by atoms with van der Waals surface area (Å²) in [4.78, 5) is 12.2. The Morgan fingerprint density at radius 3 is 2.18 bits per heavy atom. The predicted molar refractivity (Wildman–Crippen MR) is 72.7 cm³/mol. The van der Waals surface area contributed by atoms with Crippen molar-refractivity contribution in [3.8, 4) is 0 Å². The molecule has 2 nitrogen and oxygen atoms in total. The van der Waals surface area contributed by atoms with Crippen molar-refractivity contribution in [1.82, 2.24) is 0 Å². The minimum atomic E-state index is -0.737. The van der Waals surface area contributed by atoms with E-state index in [0.29, 0.717) is 0 Å². The van der Waals surface area contributed by atoms with Gasteiger partial charge in [0.1, 0.15) is 0 Å². The van der Waals surface area contributed by atoms with E-state index < -0.39 is 5.97 Å². The summed E-state index contributed by atoms with van der Waals surface area (Å²) in [5.41, 5.74) is 1.07. The van der Waals surface area contributed by atoms with Crippen molar-refractivity contribution in [2.24, 2.45) is 5.41 Å². The molecule has 0 saturated carbocycles. The lowest BCUT2D eigenvalue weighted by Gasteiger charge is -2.30. The van der Waals surface area contributed by atoms with Gasteiger partial charge in [0.05, 0.1) is 6.42 Å². The van der Waals surface area contributed by atoms with Crippen LogP contribution in [0.5, 0.6) is 0 Å². The van der Waals surface area contributed by atoms with E-state index in [9.17, 15) is 4.79 Å². The van der Waals surface area contributed by atoms with Gasteiger partial charge in [-0.05, 0) is 35.3 Å². The van der Waals surface area contributed by atoms with Crippen LogP contribution >= 0.6 is 11.8 Å². The zero-order valence-corrected chi connectivity index (χ0v) is 11.7. The molecule has 1 atom stereocenters. The maximum absolute atomic E-state index is 10.9. The molecule has 0 radical (unpaired) electrons. The highest BCUT2D eigenvalue weighted by Crippen LogP contribution is 2.38. The first-order chi connectivity index (χ1) is 7.84. The molecule has 0 amide bonds. The molecule has 1 aromatic carbocycles. The third-order valence-electron chi connectivity index (χ3n) is 2.94. The molecule has 0 heterocycles. The molecule has 0 bridgehead atoms. The average molecular weight is 252 g/mol. The molecule has 0 aliphatic heterocycles. The van der Waals surface area contributed by atoms with Gasteiger partial charge in [0.15, 0.2) is 0 Å². The van der Waals surface area contributed by atoms with E-state index in [4.69, 9.17) is 5.11 Å². The fourth-order valence-electron chi connectivity index (χ4n) is 1.93. The lowest BCUT2D eigenvalue weighted by atomic mass is 9.75. The molecular formula is C14H20O2S. The van der Waals surface area contributed by atoms with Gasteiger partial charge in [0.25, 0.3) is 0 Å². The van der Waals surface area contributed by atoms with E-state index in [0.717, 1.165) is 5.56 Å². The number of aliphatic carboxylic acids is 1. The predicted octanol–water partition coefficient (Wildman–Crippen LogP) is 4.01. The fraction of sp³-hybridized carbons (Fsp3) is 0.500. The zero-order chi connectivity index (χ0) is 13.1. The molecule has 0 spiro atoms. The number of benzene rings is 1. The summed E-state index contributed by atoms with van der Waals surface area (Å²) in [5, 5.41) is 9.01. The number of carbonyl (C=O) groups is 1. The van der Waals surface area contributed by atoms with Gasteiger partial charge < -0.3 is 5.11 Å². The summed E-state index contributed by atoms with van der Waals surface area (Å²) in [6, 6.07) is 8.20. The molecule has 0 fully saturated rings. The molecular weight excluding hydrogens is 232 g/mol. The highest BCUT2D eigenvalue weighted by Gasteiger charge is 2.28. The van der Waals surface area contributed by atoms with Gasteiger partial charge >= 0.3 is 5.97 Å². The van der Waals surface area contributed by atoms with Gasteiger partial charge in [-0.3, -0.25) is 4.79 Å². The Kier molecular flexibility index (Phi) is 4.63.